The quantitative estimate of drug-likeness (QED) is 0.536. The summed E-state index contributed by atoms with van der Waals surface area (Å²) in [7, 11) is 1.09. The molecule has 0 radical (unpaired) electrons. The molecule has 0 bridgehead atoms. The molecule has 15 heavy (non-hydrogen) atoms. The normalized spacial score (nSPS) is 14.3. The van der Waals surface area contributed by atoms with Crippen LogP contribution in [0.5, 0.6) is 0 Å². The summed E-state index contributed by atoms with van der Waals surface area (Å²) < 4.78 is 4.24. The third-order valence-electron chi connectivity index (χ3n) is 1.69. The number of aliphatic hydroxyl groups excluding tert-OH is 2. The van der Waals surface area contributed by atoms with Crippen LogP contribution in [0.1, 0.15) is 21.6 Å². The molecular weight excluding hydrogens is 222 g/mol. The Morgan fingerprint density at radius 3 is 2.80 bits per heavy atom. The number of hydrogen-bond donors (Lipinski definition) is 2. The average molecular weight is 231 g/mol. The first-order valence-electron chi connectivity index (χ1n) is 3.94. The Hall–Kier alpha value is -1.31. The monoisotopic (exact) mass is 231 g/mol. The summed E-state index contributed by atoms with van der Waals surface area (Å²) in [6, 6.07) is 0. The maximum Gasteiger partial charge on any atom is 0.337 e. The minimum Gasteiger partial charge on any atom is -0.467 e. The molecule has 2 atom stereocenters. The number of nitrogens with zero attached hydrogens (tertiary/aromatic N) is 1. The first kappa shape index (κ1) is 11.8. The molecule has 0 aromatic carbocycles. The first-order valence-corrected chi connectivity index (χ1v) is 4.82. The topological polar surface area (TPSA) is 96.7 Å². The Kier molecular flexibility index (Phi) is 3.89. The van der Waals surface area contributed by atoms with Gasteiger partial charge in [-0.2, -0.15) is 0 Å². The number of carbonyl (C=O) groups excluding carboxylic acids is 2. The van der Waals surface area contributed by atoms with E-state index < -0.39 is 18.2 Å². The van der Waals surface area contributed by atoms with Gasteiger partial charge in [0.05, 0.1) is 12.8 Å². The van der Waals surface area contributed by atoms with Crippen LogP contribution in [0, 0.1) is 0 Å². The van der Waals surface area contributed by atoms with E-state index in [1.54, 1.807) is 0 Å². The number of thiazole rings is 1. The highest BCUT2D eigenvalue weighted by Gasteiger charge is 2.28. The number of aliphatic hydroxyl groups is 2. The Balaban J connectivity index is 2.79. The molecular formula is C8H9NO5S. The Labute approximate surface area is 89.1 Å². The second-order valence-electron chi connectivity index (χ2n) is 2.64. The summed E-state index contributed by atoms with van der Waals surface area (Å²) >= 11 is 1.01. The van der Waals surface area contributed by atoms with E-state index in [1.165, 1.54) is 5.38 Å². The second kappa shape index (κ2) is 4.96. The predicted molar refractivity (Wildman–Crippen MR) is 50.5 cm³/mol. The number of esters is 1. The average Bonchev–Trinajstić information content (AvgIpc) is 2.74. The fourth-order valence-electron chi connectivity index (χ4n) is 0.902. The second-order valence-corrected chi connectivity index (χ2v) is 3.53. The summed E-state index contributed by atoms with van der Waals surface area (Å²) in [5, 5.41) is 20.3. The molecule has 2 unspecified atom stereocenters. The number of ether oxygens (including phenoxy) is 1. The Morgan fingerprint density at radius 2 is 2.33 bits per heavy atom. The van der Waals surface area contributed by atoms with Crippen LogP contribution in [0.15, 0.2) is 5.38 Å². The van der Waals surface area contributed by atoms with Crippen molar-refractivity contribution in [1.29, 1.82) is 0 Å². The zero-order valence-corrected chi connectivity index (χ0v) is 8.60. The summed E-state index contributed by atoms with van der Waals surface area (Å²) in [5.74, 6) is -0.955. The van der Waals surface area contributed by atoms with Gasteiger partial charge in [-0.25, -0.2) is 9.78 Å². The van der Waals surface area contributed by atoms with E-state index >= 15 is 0 Å². The molecule has 1 aromatic rings. The van der Waals surface area contributed by atoms with Crippen molar-refractivity contribution in [3.63, 3.8) is 0 Å². The van der Waals surface area contributed by atoms with Gasteiger partial charge in [0.1, 0.15) is 6.10 Å². The van der Waals surface area contributed by atoms with Crippen LogP contribution >= 0.6 is 11.3 Å². The van der Waals surface area contributed by atoms with E-state index in [9.17, 15) is 19.8 Å². The van der Waals surface area contributed by atoms with Gasteiger partial charge >= 0.3 is 5.97 Å². The lowest BCUT2D eigenvalue weighted by molar-refractivity contribution is -0.157. The molecule has 0 aliphatic heterocycles. The largest absolute Gasteiger partial charge is 0.467 e. The lowest BCUT2D eigenvalue weighted by Crippen LogP contribution is -2.29. The Morgan fingerprint density at radius 1 is 1.67 bits per heavy atom. The van der Waals surface area contributed by atoms with E-state index in [1.807, 2.05) is 0 Å². The standard InChI is InChI=1S/C8H9NO5S/c1-14-8(13)7(12)6(11)4-3-15-5(2-10)9-4/h2-3,6-7,11-12H,1H3. The molecule has 7 heteroatoms. The summed E-state index contributed by atoms with van der Waals surface area (Å²) in [6.07, 6.45) is -2.66. The number of methoxy groups -OCH3 is 1. The van der Waals surface area contributed by atoms with Crippen molar-refractivity contribution in [2.75, 3.05) is 7.11 Å². The van der Waals surface area contributed by atoms with Gasteiger partial charge in [-0.3, -0.25) is 4.79 Å². The summed E-state index contributed by atoms with van der Waals surface area (Å²) in [4.78, 5) is 24.9. The van der Waals surface area contributed by atoms with Crippen LogP contribution in [0.25, 0.3) is 0 Å². The minimum atomic E-state index is -1.70. The van der Waals surface area contributed by atoms with E-state index in [0.717, 1.165) is 18.4 Å². The van der Waals surface area contributed by atoms with Crippen molar-refractivity contribution < 1.29 is 24.5 Å². The van der Waals surface area contributed by atoms with Gasteiger partial charge in [-0.1, -0.05) is 0 Å². The minimum absolute atomic E-state index is 0.0694. The van der Waals surface area contributed by atoms with Crippen LogP contribution in [0.3, 0.4) is 0 Å². The van der Waals surface area contributed by atoms with E-state index in [-0.39, 0.29) is 10.7 Å². The molecule has 0 aliphatic carbocycles. The van der Waals surface area contributed by atoms with Crippen LogP contribution in [-0.2, 0) is 9.53 Å². The molecule has 0 aliphatic rings. The van der Waals surface area contributed by atoms with Gasteiger partial charge in [0, 0.05) is 5.38 Å². The molecule has 2 N–H and O–H groups in total. The number of rotatable bonds is 4. The smallest absolute Gasteiger partial charge is 0.337 e. The molecule has 1 heterocycles. The first-order chi connectivity index (χ1) is 7.10. The zero-order valence-electron chi connectivity index (χ0n) is 7.78. The number of aldehydes is 1. The van der Waals surface area contributed by atoms with Crippen molar-refractivity contribution >= 4 is 23.6 Å². The maximum atomic E-state index is 10.9. The molecule has 1 aromatic heterocycles. The lowest BCUT2D eigenvalue weighted by atomic mass is 10.1. The van der Waals surface area contributed by atoms with Crippen molar-refractivity contribution in [3.05, 3.63) is 16.1 Å². The SMILES string of the molecule is COC(=O)C(O)C(O)c1csc(C=O)n1. The van der Waals surface area contributed by atoms with Crippen molar-refractivity contribution in [3.8, 4) is 0 Å². The molecule has 0 fully saturated rings. The van der Waals surface area contributed by atoms with Gasteiger partial charge in [0.2, 0.25) is 0 Å². The number of carbonyl (C=O) groups is 2. The lowest BCUT2D eigenvalue weighted by Gasteiger charge is -2.12. The van der Waals surface area contributed by atoms with Crippen LogP contribution < -0.4 is 0 Å². The molecule has 0 saturated heterocycles. The van der Waals surface area contributed by atoms with Crippen molar-refractivity contribution in [2.45, 2.75) is 12.2 Å². The summed E-state index contributed by atoms with van der Waals surface area (Å²) in [5.41, 5.74) is 0.0694. The van der Waals surface area contributed by atoms with E-state index in [0.29, 0.717) is 6.29 Å². The highest BCUT2D eigenvalue weighted by atomic mass is 32.1. The number of aromatic nitrogens is 1. The fraction of sp³-hybridized carbons (Fsp3) is 0.375. The van der Waals surface area contributed by atoms with Gasteiger partial charge in [0.15, 0.2) is 17.4 Å². The zero-order chi connectivity index (χ0) is 11.4. The third-order valence-corrected chi connectivity index (χ3v) is 2.47. The molecule has 0 amide bonds. The van der Waals surface area contributed by atoms with Gasteiger partial charge in [-0.15, -0.1) is 11.3 Å². The van der Waals surface area contributed by atoms with Gasteiger partial charge in [0.25, 0.3) is 0 Å². The van der Waals surface area contributed by atoms with Crippen molar-refractivity contribution in [1.82, 2.24) is 4.98 Å². The molecule has 6 nitrogen and oxygen atoms in total. The summed E-state index contributed by atoms with van der Waals surface area (Å²) in [6.45, 7) is 0. The Bertz CT molecular complexity index is 364. The van der Waals surface area contributed by atoms with Gasteiger partial charge < -0.3 is 14.9 Å². The van der Waals surface area contributed by atoms with E-state index in [2.05, 4.69) is 9.72 Å². The van der Waals surface area contributed by atoms with Crippen molar-refractivity contribution in [2.24, 2.45) is 0 Å². The molecule has 82 valence electrons. The molecule has 0 spiro atoms. The van der Waals surface area contributed by atoms with E-state index in [4.69, 9.17) is 0 Å². The predicted octanol–water partition coefficient (Wildman–Crippen LogP) is -0.477. The van der Waals surface area contributed by atoms with Crippen LogP contribution in [0.4, 0.5) is 0 Å². The molecule has 0 saturated carbocycles. The third kappa shape index (κ3) is 2.58. The maximum absolute atomic E-state index is 10.9. The number of hydrogen-bond acceptors (Lipinski definition) is 7. The highest BCUT2D eigenvalue weighted by molar-refractivity contribution is 7.11. The van der Waals surface area contributed by atoms with Crippen LogP contribution in [-0.4, -0.2) is 40.7 Å². The van der Waals surface area contributed by atoms with Crippen LogP contribution in [0.2, 0.25) is 0 Å². The fourth-order valence-corrected chi connectivity index (χ4v) is 1.55. The highest BCUT2D eigenvalue weighted by Crippen LogP contribution is 2.19. The van der Waals surface area contributed by atoms with Gasteiger partial charge in [-0.05, 0) is 0 Å². The molecule has 1 rings (SSSR count).